The van der Waals surface area contributed by atoms with Crippen molar-refractivity contribution in [2.24, 2.45) is 5.14 Å². The molecule has 0 radical (unpaired) electrons. The molecule has 0 aromatic heterocycles. The molecule has 1 heterocycles. The quantitative estimate of drug-likeness (QED) is 0.636. The lowest BCUT2D eigenvalue weighted by molar-refractivity contribution is -0.385. The third kappa shape index (κ3) is 3.98. The van der Waals surface area contributed by atoms with Crippen LogP contribution < -0.4 is 10.5 Å². The molecule has 1 atom stereocenters. The van der Waals surface area contributed by atoms with Gasteiger partial charge < -0.3 is 10.1 Å². The first-order valence-corrected chi connectivity index (χ1v) is 8.64. The van der Waals surface area contributed by atoms with Crippen LogP contribution in [0.1, 0.15) is 34.1 Å². The number of nitro benzene ring substituents is 1. The van der Waals surface area contributed by atoms with E-state index in [0.717, 1.165) is 6.07 Å². The first-order chi connectivity index (χ1) is 10.3. The number of non-ortho nitro benzene ring substituents is 1. The fraction of sp³-hybridized carbons (Fsp3) is 0.571. The molecule has 1 fully saturated rings. The van der Waals surface area contributed by atoms with Gasteiger partial charge in [0.05, 0.1) is 27.1 Å². The molecule has 0 saturated carbocycles. The van der Waals surface area contributed by atoms with Gasteiger partial charge in [-0.15, -0.1) is 0 Å². The number of rotatable bonds is 4. The van der Waals surface area contributed by atoms with E-state index < -0.39 is 20.5 Å². The number of anilines is 1. The summed E-state index contributed by atoms with van der Waals surface area (Å²) in [6.45, 7) is 7.74. The number of sulfonamides is 1. The summed E-state index contributed by atoms with van der Waals surface area (Å²) in [6, 6.07) is 3.40. The van der Waals surface area contributed by atoms with Gasteiger partial charge in [0.15, 0.2) is 0 Å². The van der Waals surface area contributed by atoms with E-state index in [1.165, 1.54) is 12.1 Å². The van der Waals surface area contributed by atoms with Gasteiger partial charge in [-0.25, -0.2) is 13.6 Å². The highest BCUT2D eigenvalue weighted by molar-refractivity contribution is 7.89. The van der Waals surface area contributed by atoms with Gasteiger partial charge >= 0.3 is 0 Å². The molecule has 8 nitrogen and oxygen atoms in total. The van der Waals surface area contributed by atoms with Crippen molar-refractivity contribution < 1.29 is 18.1 Å². The molecule has 0 aliphatic carbocycles. The second-order valence-corrected chi connectivity index (χ2v) is 8.45. The Bertz CT molecular complexity index is 743. The van der Waals surface area contributed by atoms with Crippen LogP contribution in [0, 0.1) is 10.1 Å². The number of ether oxygens (including phenoxy) is 1. The number of nitrogens with one attached hydrogen (secondary N) is 1. The molecule has 1 aliphatic rings. The number of nitrogens with zero attached hydrogens (tertiary/aromatic N) is 1. The van der Waals surface area contributed by atoms with Crippen molar-refractivity contribution in [1.29, 1.82) is 0 Å². The van der Waals surface area contributed by atoms with Crippen LogP contribution >= 0.6 is 0 Å². The molecule has 128 valence electrons. The lowest BCUT2D eigenvalue weighted by Gasteiger charge is -2.28. The van der Waals surface area contributed by atoms with E-state index in [4.69, 9.17) is 9.88 Å². The number of benzene rings is 1. The Balaban J connectivity index is 2.40. The van der Waals surface area contributed by atoms with Crippen molar-refractivity contribution in [1.82, 2.24) is 0 Å². The molecule has 23 heavy (non-hydrogen) atoms. The largest absolute Gasteiger partial charge is 0.379 e. The van der Waals surface area contributed by atoms with E-state index in [9.17, 15) is 18.5 Å². The molecule has 9 heteroatoms. The Morgan fingerprint density at radius 1 is 1.30 bits per heavy atom. The third-order valence-corrected chi connectivity index (χ3v) is 4.74. The van der Waals surface area contributed by atoms with Crippen LogP contribution in [0.15, 0.2) is 23.1 Å². The highest BCUT2D eigenvalue weighted by Crippen LogP contribution is 2.39. The number of nitro groups is 1. The standard InChI is InChI=1S/C14H21N3O5S/c1-13(2)8-12(14(3,4)22-13)16-9-5-10(17(18)19)7-11(6-9)23(15,20)21/h5-7,12,16H,8H2,1-4H3,(H2,15,20,21). The molecule has 0 bridgehead atoms. The fourth-order valence-corrected chi connectivity index (χ4v) is 3.50. The zero-order valence-corrected chi connectivity index (χ0v) is 14.3. The minimum atomic E-state index is -4.04. The minimum Gasteiger partial charge on any atom is -0.379 e. The average Bonchev–Trinajstić information content (AvgIpc) is 2.55. The monoisotopic (exact) mass is 343 g/mol. The van der Waals surface area contributed by atoms with Crippen molar-refractivity contribution in [3.8, 4) is 0 Å². The maximum absolute atomic E-state index is 11.5. The summed E-state index contributed by atoms with van der Waals surface area (Å²) in [5.41, 5.74) is -0.863. The Hall–Kier alpha value is -1.71. The molecule has 3 N–H and O–H groups in total. The van der Waals surface area contributed by atoms with Gasteiger partial charge in [-0.05, 0) is 40.2 Å². The summed E-state index contributed by atoms with van der Waals surface area (Å²) in [5.74, 6) is 0. The number of hydrogen-bond acceptors (Lipinski definition) is 6. The first-order valence-electron chi connectivity index (χ1n) is 7.09. The molecule has 1 aliphatic heterocycles. The van der Waals surface area contributed by atoms with Gasteiger partial charge in [-0.2, -0.15) is 0 Å². The van der Waals surface area contributed by atoms with Crippen LogP contribution in [-0.2, 0) is 14.8 Å². The molecule has 1 aromatic carbocycles. The Kier molecular flexibility index (Phi) is 4.16. The molecular formula is C14H21N3O5S. The van der Waals surface area contributed by atoms with E-state index in [0.29, 0.717) is 12.1 Å². The van der Waals surface area contributed by atoms with Crippen LogP contribution in [0.3, 0.4) is 0 Å². The van der Waals surface area contributed by atoms with Crippen LogP contribution in [0.4, 0.5) is 11.4 Å². The second kappa shape index (κ2) is 5.43. The number of hydrogen-bond donors (Lipinski definition) is 2. The molecule has 1 saturated heterocycles. The minimum absolute atomic E-state index is 0.132. The van der Waals surface area contributed by atoms with Crippen molar-refractivity contribution in [3.05, 3.63) is 28.3 Å². The molecule has 1 aromatic rings. The highest BCUT2D eigenvalue weighted by atomic mass is 32.2. The van der Waals surface area contributed by atoms with E-state index in [2.05, 4.69) is 5.32 Å². The molecule has 0 amide bonds. The van der Waals surface area contributed by atoms with E-state index in [1.54, 1.807) is 0 Å². The maximum Gasteiger partial charge on any atom is 0.272 e. The Labute approximate surface area is 135 Å². The first kappa shape index (κ1) is 17.6. The van der Waals surface area contributed by atoms with Crippen molar-refractivity contribution in [2.75, 3.05) is 5.32 Å². The van der Waals surface area contributed by atoms with E-state index >= 15 is 0 Å². The highest BCUT2D eigenvalue weighted by Gasteiger charge is 2.45. The fourth-order valence-electron chi connectivity index (χ4n) is 2.92. The van der Waals surface area contributed by atoms with Crippen molar-refractivity contribution >= 4 is 21.4 Å². The third-order valence-electron chi connectivity index (χ3n) is 3.85. The predicted molar refractivity (Wildman–Crippen MR) is 85.7 cm³/mol. The second-order valence-electron chi connectivity index (χ2n) is 6.88. The van der Waals surface area contributed by atoms with Gasteiger partial charge in [0.25, 0.3) is 5.69 Å². The van der Waals surface area contributed by atoms with Crippen molar-refractivity contribution in [2.45, 2.75) is 56.3 Å². The molecule has 0 spiro atoms. The van der Waals surface area contributed by atoms with Crippen LogP contribution in [0.25, 0.3) is 0 Å². The summed E-state index contributed by atoms with van der Waals surface area (Å²) < 4.78 is 29.0. The zero-order valence-electron chi connectivity index (χ0n) is 13.5. The lowest BCUT2D eigenvalue weighted by Crippen LogP contribution is -2.38. The number of primary sulfonamides is 1. The van der Waals surface area contributed by atoms with E-state index in [-0.39, 0.29) is 22.2 Å². The smallest absolute Gasteiger partial charge is 0.272 e. The molecular weight excluding hydrogens is 322 g/mol. The van der Waals surface area contributed by atoms with Gasteiger partial charge in [0.1, 0.15) is 0 Å². The zero-order chi connectivity index (χ0) is 17.6. The van der Waals surface area contributed by atoms with Gasteiger partial charge in [0, 0.05) is 17.8 Å². The SMILES string of the molecule is CC1(C)CC(Nc2cc([N+](=O)[O-])cc(S(N)(=O)=O)c2)C(C)(C)O1. The molecule has 1 unspecified atom stereocenters. The van der Waals surface area contributed by atoms with E-state index in [1.807, 2.05) is 27.7 Å². The van der Waals surface area contributed by atoms with Crippen LogP contribution in [-0.4, -0.2) is 30.6 Å². The van der Waals surface area contributed by atoms with Crippen LogP contribution in [0.5, 0.6) is 0 Å². The molecule has 2 rings (SSSR count). The predicted octanol–water partition coefficient (Wildman–Crippen LogP) is 2.00. The summed E-state index contributed by atoms with van der Waals surface area (Å²) in [6.07, 6.45) is 0.674. The van der Waals surface area contributed by atoms with Gasteiger partial charge in [-0.1, -0.05) is 0 Å². The topological polar surface area (TPSA) is 125 Å². The lowest BCUT2D eigenvalue weighted by atomic mass is 9.94. The summed E-state index contributed by atoms with van der Waals surface area (Å²) >= 11 is 0. The Morgan fingerprint density at radius 2 is 1.91 bits per heavy atom. The summed E-state index contributed by atoms with van der Waals surface area (Å²) in [4.78, 5) is 10.1. The Morgan fingerprint density at radius 3 is 2.35 bits per heavy atom. The summed E-state index contributed by atoms with van der Waals surface area (Å²) in [5, 5.41) is 19.3. The summed E-state index contributed by atoms with van der Waals surface area (Å²) in [7, 11) is -4.04. The van der Waals surface area contributed by atoms with Gasteiger partial charge in [-0.3, -0.25) is 10.1 Å². The van der Waals surface area contributed by atoms with Crippen LogP contribution in [0.2, 0.25) is 0 Å². The normalized spacial score (nSPS) is 22.7. The number of nitrogens with two attached hydrogens (primary N) is 1. The van der Waals surface area contributed by atoms with Gasteiger partial charge in [0.2, 0.25) is 10.0 Å². The maximum atomic E-state index is 11.5. The van der Waals surface area contributed by atoms with Crippen molar-refractivity contribution in [3.63, 3.8) is 0 Å². The average molecular weight is 343 g/mol.